The van der Waals surface area contributed by atoms with Crippen LogP contribution in [0.2, 0.25) is 0 Å². The van der Waals surface area contributed by atoms with E-state index in [0.717, 1.165) is 54.4 Å². The van der Waals surface area contributed by atoms with Gasteiger partial charge in [0.2, 0.25) is 5.82 Å². The van der Waals surface area contributed by atoms with Crippen LogP contribution < -0.4 is 5.43 Å². The zero-order valence-electron chi connectivity index (χ0n) is 15.7. The molecule has 1 amide bonds. The molecule has 0 unspecified atom stereocenters. The number of hydrazone groups is 1. The van der Waals surface area contributed by atoms with Crippen molar-refractivity contribution in [1.82, 2.24) is 15.0 Å². The van der Waals surface area contributed by atoms with E-state index in [2.05, 4.69) is 28.5 Å². The number of unbranched alkanes of at least 4 members (excludes halogenated alkanes) is 2. The zero-order chi connectivity index (χ0) is 20.1. The van der Waals surface area contributed by atoms with Crippen LogP contribution >= 0.6 is 0 Å². The lowest BCUT2D eigenvalue weighted by molar-refractivity contribution is -0.147. The molecule has 0 aliphatic heterocycles. The number of nitrogens with zero attached hydrogens (tertiary/aromatic N) is 3. The summed E-state index contributed by atoms with van der Waals surface area (Å²) in [7, 11) is 0. The van der Waals surface area contributed by atoms with Crippen molar-refractivity contribution >= 4 is 22.7 Å². The summed E-state index contributed by atoms with van der Waals surface area (Å²) >= 11 is 0. The highest BCUT2D eigenvalue weighted by atomic mass is 19.4. The first-order valence-electron chi connectivity index (χ1n) is 9.47. The predicted octanol–water partition coefficient (Wildman–Crippen LogP) is 4.83. The third kappa shape index (κ3) is 4.61. The number of hydrogen-bond acceptors (Lipinski definition) is 3. The molecule has 150 valence electrons. The van der Waals surface area contributed by atoms with Gasteiger partial charge >= 0.3 is 6.18 Å². The van der Waals surface area contributed by atoms with Crippen molar-refractivity contribution in [3.8, 4) is 0 Å². The van der Waals surface area contributed by atoms with Crippen molar-refractivity contribution in [3.05, 3.63) is 41.7 Å². The molecular formula is C20H23F3N4O. The molecule has 3 rings (SSSR count). The van der Waals surface area contributed by atoms with Crippen LogP contribution in [-0.2, 0) is 17.5 Å². The van der Waals surface area contributed by atoms with Gasteiger partial charge in [0.05, 0.1) is 16.7 Å². The molecule has 1 N–H and O–H groups in total. The van der Waals surface area contributed by atoms with E-state index in [4.69, 9.17) is 0 Å². The smallest absolute Gasteiger partial charge is 0.311 e. The average molecular weight is 392 g/mol. The first kappa shape index (κ1) is 20.1. The Morgan fingerprint density at radius 2 is 2.07 bits per heavy atom. The van der Waals surface area contributed by atoms with E-state index in [9.17, 15) is 18.0 Å². The monoisotopic (exact) mass is 392 g/mol. The number of hydrogen-bond donors (Lipinski definition) is 1. The Labute approximate surface area is 161 Å². The molecule has 0 spiro atoms. The molecule has 0 saturated carbocycles. The summed E-state index contributed by atoms with van der Waals surface area (Å²) in [5.41, 5.74) is 4.82. The van der Waals surface area contributed by atoms with Gasteiger partial charge in [-0.15, -0.1) is 0 Å². The summed E-state index contributed by atoms with van der Waals surface area (Å²) < 4.78 is 40.8. The zero-order valence-corrected chi connectivity index (χ0v) is 15.7. The lowest BCUT2D eigenvalue weighted by Crippen LogP contribution is -2.27. The van der Waals surface area contributed by atoms with Gasteiger partial charge in [-0.25, -0.2) is 10.4 Å². The maximum absolute atomic E-state index is 13.3. The quantitative estimate of drug-likeness (QED) is 0.542. The second-order valence-corrected chi connectivity index (χ2v) is 6.83. The van der Waals surface area contributed by atoms with Crippen molar-refractivity contribution in [2.45, 2.75) is 58.2 Å². The standard InChI is InChI=1S/C20H23F3N4O/c1-2-3-4-8-14-9-7-11-15(14)25-26-18(28)13-27-17-12-6-5-10-16(17)24-19(27)20(21,22)23/h5-6,9-10,12H,2-4,7-8,11,13H2,1H3,(H,26,28). The fraction of sp³-hybridized carbons (Fsp3) is 0.450. The Kier molecular flexibility index (Phi) is 6.16. The van der Waals surface area contributed by atoms with Crippen LogP contribution in [0.4, 0.5) is 13.2 Å². The van der Waals surface area contributed by atoms with Crippen LogP contribution in [0.5, 0.6) is 0 Å². The van der Waals surface area contributed by atoms with Gasteiger partial charge in [0.15, 0.2) is 0 Å². The third-order valence-electron chi connectivity index (χ3n) is 4.72. The van der Waals surface area contributed by atoms with E-state index in [1.807, 2.05) is 0 Å². The number of imidazole rings is 1. The van der Waals surface area contributed by atoms with E-state index < -0.39 is 24.5 Å². The lowest BCUT2D eigenvalue weighted by Gasteiger charge is -2.11. The van der Waals surface area contributed by atoms with E-state index in [1.165, 1.54) is 12.1 Å². The number of halogens is 3. The van der Waals surface area contributed by atoms with Crippen LogP contribution in [0.15, 0.2) is 41.0 Å². The molecule has 0 bridgehead atoms. The highest BCUT2D eigenvalue weighted by Gasteiger charge is 2.38. The van der Waals surface area contributed by atoms with Crippen LogP contribution in [0.3, 0.4) is 0 Å². The third-order valence-corrected chi connectivity index (χ3v) is 4.72. The van der Waals surface area contributed by atoms with Crippen LogP contribution in [0.25, 0.3) is 11.0 Å². The molecule has 1 aromatic carbocycles. The number of fused-ring (bicyclic) bond motifs is 1. The molecule has 5 nitrogen and oxygen atoms in total. The van der Waals surface area contributed by atoms with Crippen molar-refractivity contribution in [1.29, 1.82) is 0 Å². The molecule has 1 aliphatic carbocycles. The summed E-state index contributed by atoms with van der Waals surface area (Å²) in [4.78, 5) is 15.9. The Morgan fingerprint density at radius 1 is 1.29 bits per heavy atom. The van der Waals surface area contributed by atoms with Crippen molar-refractivity contribution in [2.24, 2.45) is 5.10 Å². The molecule has 28 heavy (non-hydrogen) atoms. The summed E-state index contributed by atoms with van der Waals surface area (Å²) in [6, 6.07) is 6.23. The normalized spacial score (nSPS) is 16.0. The number of nitrogens with one attached hydrogen (secondary N) is 1. The van der Waals surface area contributed by atoms with Gasteiger partial charge in [0.1, 0.15) is 6.54 Å². The summed E-state index contributed by atoms with van der Waals surface area (Å²) in [5.74, 6) is -1.70. The minimum atomic E-state index is -4.65. The molecular weight excluding hydrogens is 369 g/mol. The first-order valence-corrected chi connectivity index (χ1v) is 9.47. The second-order valence-electron chi connectivity index (χ2n) is 6.83. The largest absolute Gasteiger partial charge is 0.449 e. The van der Waals surface area contributed by atoms with Gasteiger partial charge in [-0.1, -0.05) is 38.0 Å². The molecule has 0 fully saturated rings. The average Bonchev–Trinajstić information content (AvgIpc) is 3.25. The highest BCUT2D eigenvalue weighted by Crippen LogP contribution is 2.31. The number of alkyl halides is 3. The molecule has 2 aromatic rings. The number of para-hydroxylation sites is 2. The maximum atomic E-state index is 13.3. The predicted molar refractivity (Wildman–Crippen MR) is 102 cm³/mol. The van der Waals surface area contributed by atoms with Crippen molar-refractivity contribution in [3.63, 3.8) is 0 Å². The number of carbonyl (C=O) groups is 1. The Bertz CT molecular complexity index is 912. The number of carbonyl (C=O) groups excluding carboxylic acids is 1. The minimum Gasteiger partial charge on any atom is -0.311 e. The Hall–Kier alpha value is -2.64. The van der Waals surface area contributed by atoms with Crippen LogP contribution in [-0.4, -0.2) is 21.2 Å². The molecule has 0 atom stereocenters. The van der Waals surface area contributed by atoms with E-state index in [0.29, 0.717) is 0 Å². The maximum Gasteiger partial charge on any atom is 0.449 e. The SMILES string of the molecule is CCCCCC1=CCCC1=NNC(=O)Cn1c(C(F)(F)F)nc2ccccc21. The van der Waals surface area contributed by atoms with Gasteiger partial charge in [-0.2, -0.15) is 18.3 Å². The van der Waals surface area contributed by atoms with Gasteiger partial charge < -0.3 is 4.57 Å². The van der Waals surface area contributed by atoms with Gasteiger partial charge in [-0.3, -0.25) is 4.79 Å². The minimum absolute atomic E-state index is 0.200. The molecule has 1 heterocycles. The summed E-state index contributed by atoms with van der Waals surface area (Å²) in [5, 5.41) is 4.17. The topological polar surface area (TPSA) is 59.3 Å². The van der Waals surface area contributed by atoms with Crippen molar-refractivity contribution < 1.29 is 18.0 Å². The Morgan fingerprint density at radius 3 is 2.82 bits per heavy atom. The van der Waals surface area contributed by atoms with E-state index in [1.54, 1.807) is 12.1 Å². The number of aromatic nitrogens is 2. The lowest BCUT2D eigenvalue weighted by atomic mass is 10.1. The van der Waals surface area contributed by atoms with Gasteiger partial charge in [0, 0.05) is 0 Å². The first-order chi connectivity index (χ1) is 13.4. The fourth-order valence-corrected chi connectivity index (χ4v) is 3.36. The van der Waals surface area contributed by atoms with Crippen molar-refractivity contribution in [2.75, 3.05) is 0 Å². The van der Waals surface area contributed by atoms with Gasteiger partial charge in [-0.05, 0) is 43.4 Å². The van der Waals surface area contributed by atoms with Crippen LogP contribution in [0, 0.1) is 0 Å². The number of rotatable bonds is 7. The summed E-state index contributed by atoms with van der Waals surface area (Å²) in [6.07, 6.45) is 3.31. The highest BCUT2D eigenvalue weighted by molar-refractivity contribution is 6.02. The van der Waals surface area contributed by atoms with E-state index in [-0.39, 0.29) is 11.0 Å². The molecule has 1 aromatic heterocycles. The number of allylic oxidation sites excluding steroid dienone is 2. The second kappa shape index (κ2) is 8.58. The number of amides is 1. The Balaban J connectivity index is 1.73. The fourth-order valence-electron chi connectivity index (χ4n) is 3.36. The summed E-state index contributed by atoms with van der Waals surface area (Å²) in [6.45, 7) is 1.63. The molecule has 8 heteroatoms. The van der Waals surface area contributed by atoms with Gasteiger partial charge in [0.25, 0.3) is 5.91 Å². The van der Waals surface area contributed by atoms with Crippen LogP contribution in [0.1, 0.15) is 51.3 Å². The number of benzene rings is 1. The van der Waals surface area contributed by atoms with E-state index >= 15 is 0 Å². The molecule has 0 saturated heterocycles. The molecule has 1 aliphatic rings. The molecule has 0 radical (unpaired) electrons.